The minimum atomic E-state index is 0.0293. The second kappa shape index (κ2) is 5.29. The van der Waals surface area contributed by atoms with Gasteiger partial charge >= 0.3 is 0 Å². The molecule has 0 saturated heterocycles. The van der Waals surface area contributed by atoms with Gasteiger partial charge in [-0.3, -0.25) is 4.99 Å². The van der Waals surface area contributed by atoms with Gasteiger partial charge in [0.25, 0.3) is 0 Å². The molecular weight excluding hydrogens is 273 g/mol. The monoisotopic (exact) mass is 281 g/mol. The number of benzene rings is 2. The Morgan fingerprint density at radius 1 is 1.00 bits per heavy atom. The van der Waals surface area contributed by atoms with E-state index in [4.69, 9.17) is 23.2 Å². The number of hydrogen-bond acceptors (Lipinski definition) is 3. The highest BCUT2D eigenvalue weighted by atomic mass is 35.5. The van der Waals surface area contributed by atoms with Gasteiger partial charge in [0.1, 0.15) is 11.5 Å². The van der Waals surface area contributed by atoms with Gasteiger partial charge in [-0.1, -0.05) is 23.2 Å². The summed E-state index contributed by atoms with van der Waals surface area (Å²) in [7, 11) is 0. The zero-order valence-electron chi connectivity index (χ0n) is 9.14. The third kappa shape index (κ3) is 2.94. The van der Waals surface area contributed by atoms with Gasteiger partial charge < -0.3 is 10.2 Å². The fourth-order valence-electron chi connectivity index (χ4n) is 1.37. The van der Waals surface area contributed by atoms with E-state index in [2.05, 4.69) is 4.99 Å². The summed E-state index contributed by atoms with van der Waals surface area (Å²) in [4.78, 5) is 4.13. The number of hydrogen-bond donors (Lipinski definition) is 2. The lowest BCUT2D eigenvalue weighted by Crippen LogP contribution is -1.82. The van der Waals surface area contributed by atoms with E-state index < -0.39 is 0 Å². The van der Waals surface area contributed by atoms with Crippen molar-refractivity contribution in [3.8, 4) is 11.5 Å². The van der Waals surface area contributed by atoms with E-state index in [0.717, 1.165) is 0 Å². The molecule has 0 fully saturated rings. The summed E-state index contributed by atoms with van der Waals surface area (Å²) in [6.45, 7) is 0. The van der Waals surface area contributed by atoms with Crippen molar-refractivity contribution in [1.29, 1.82) is 0 Å². The summed E-state index contributed by atoms with van der Waals surface area (Å²) >= 11 is 11.7. The maximum absolute atomic E-state index is 9.57. The molecule has 0 unspecified atom stereocenters. The van der Waals surface area contributed by atoms with Crippen molar-refractivity contribution >= 4 is 35.1 Å². The van der Waals surface area contributed by atoms with E-state index in [-0.39, 0.29) is 11.5 Å². The molecular formula is C13H9Cl2NO2. The third-order valence-corrected chi connectivity index (χ3v) is 2.80. The van der Waals surface area contributed by atoms with Crippen molar-refractivity contribution in [1.82, 2.24) is 0 Å². The molecule has 92 valence electrons. The zero-order chi connectivity index (χ0) is 13.1. The van der Waals surface area contributed by atoms with E-state index in [0.29, 0.717) is 21.3 Å². The predicted octanol–water partition coefficient (Wildman–Crippen LogP) is 4.16. The van der Waals surface area contributed by atoms with Crippen LogP contribution >= 0.6 is 23.2 Å². The van der Waals surface area contributed by atoms with Crippen molar-refractivity contribution in [2.75, 3.05) is 0 Å². The number of rotatable bonds is 2. The normalized spacial score (nSPS) is 11.0. The fourth-order valence-corrected chi connectivity index (χ4v) is 1.83. The number of nitrogens with zero attached hydrogens (tertiary/aromatic N) is 1. The first kappa shape index (κ1) is 12.7. The lowest BCUT2D eigenvalue weighted by molar-refractivity contribution is 0.459. The Kier molecular flexibility index (Phi) is 3.75. The molecule has 0 aliphatic rings. The first-order chi connectivity index (χ1) is 8.56. The second-order valence-electron chi connectivity index (χ2n) is 3.60. The number of aromatic hydroxyl groups is 2. The number of aliphatic imine (C=N–C) groups is 1. The minimum Gasteiger partial charge on any atom is -0.508 e. The van der Waals surface area contributed by atoms with Crippen molar-refractivity contribution in [3.63, 3.8) is 0 Å². The molecule has 0 amide bonds. The standard InChI is InChI=1S/C13H9Cl2NO2/c14-9-1-3-12(11(15)6-9)16-7-8-5-10(17)2-4-13(8)18/h1-7,17-18H. The van der Waals surface area contributed by atoms with Crippen molar-refractivity contribution < 1.29 is 10.2 Å². The fraction of sp³-hybridized carbons (Fsp3) is 0. The Balaban J connectivity index is 2.32. The smallest absolute Gasteiger partial charge is 0.124 e. The molecule has 18 heavy (non-hydrogen) atoms. The Morgan fingerprint density at radius 2 is 1.78 bits per heavy atom. The number of phenols is 2. The topological polar surface area (TPSA) is 52.8 Å². The van der Waals surface area contributed by atoms with Crippen molar-refractivity contribution in [2.45, 2.75) is 0 Å². The Morgan fingerprint density at radius 3 is 2.50 bits per heavy atom. The minimum absolute atomic E-state index is 0.0293. The molecule has 2 N–H and O–H groups in total. The van der Waals surface area contributed by atoms with Crippen LogP contribution in [0.5, 0.6) is 11.5 Å². The first-order valence-electron chi connectivity index (χ1n) is 5.07. The van der Waals surface area contributed by atoms with Crippen molar-refractivity contribution in [3.05, 3.63) is 52.0 Å². The maximum Gasteiger partial charge on any atom is 0.124 e. The van der Waals surface area contributed by atoms with Crippen LogP contribution in [0, 0.1) is 0 Å². The number of phenolic OH excluding ortho intramolecular Hbond substituents is 2. The summed E-state index contributed by atoms with van der Waals surface area (Å²) in [5.41, 5.74) is 0.935. The van der Waals surface area contributed by atoms with Crippen LogP contribution in [0.15, 0.2) is 41.4 Å². The molecule has 5 heteroatoms. The van der Waals surface area contributed by atoms with Gasteiger partial charge in [0.15, 0.2) is 0 Å². The van der Waals surface area contributed by atoms with Crippen LogP contribution < -0.4 is 0 Å². The van der Waals surface area contributed by atoms with Crippen LogP contribution in [-0.4, -0.2) is 16.4 Å². The molecule has 0 aliphatic heterocycles. The highest BCUT2D eigenvalue weighted by molar-refractivity contribution is 6.36. The van der Waals surface area contributed by atoms with Crippen LogP contribution in [0.2, 0.25) is 10.0 Å². The molecule has 2 aromatic carbocycles. The van der Waals surface area contributed by atoms with Crippen LogP contribution in [-0.2, 0) is 0 Å². The van der Waals surface area contributed by atoms with E-state index in [1.54, 1.807) is 18.2 Å². The molecule has 0 atom stereocenters. The quantitative estimate of drug-likeness (QED) is 0.642. The Hall–Kier alpha value is -1.71. The largest absolute Gasteiger partial charge is 0.508 e. The average Bonchev–Trinajstić information content (AvgIpc) is 2.32. The molecule has 0 aliphatic carbocycles. The van der Waals surface area contributed by atoms with Crippen LogP contribution in [0.1, 0.15) is 5.56 Å². The summed E-state index contributed by atoms with van der Waals surface area (Å²) in [5, 5.41) is 19.8. The highest BCUT2D eigenvalue weighted by Gasteiger charge is 2.01. The average molecular weight is 282 g/mol. The van der Waals surface area contributed by atoms with E-state index in [9.17, 15) is 10.2 Å². The summed E-state index contributed by atoms with van der Waals surface area (Å²) < 4.78 is 0. The van der Waals surface area contributed by atoms with Gasteiger partial charge in [-0.05, 0) is 36.4 Å². The Labute approximate surface area is 114 Å². The molecule has 0 heterocycles. The lowest BCUT2D eigenvalue weighted by atomic mass is 10.2. The second-order valence-corrected chi connectivity index (χ2v) is 4.44. The van der Waals surface area contributed by atoms with Crippen LogP contribution in [0.3, 0.4) is 0 Å². The van der Waals surface area contributed by atoms with Gasteiger partial charge in [0, 0.05) is 16.8 Å². The van der Waals surface area contributed by atoms with Crippen LogP contribution in [0.4, 0.5) is 5.69 Å². The highest BCUT2D eigenvalue weighted by Crippen LogP contribution is 2.28. The maximum atomic E-state index is 9.57. The summed E-state index contributed by atoms with van der Waals surface area (Å²) in [6.07, 6.45) is 1.42. The van der Waals surface area contributed by atoms with Gasteiger partial charge in [-0.2, -0.15) is 0 Å². The zero-order valence-corrected chi connectivity index (χ0v) is 10.7. The SMILES string of the molecule is Oc1ccc(O)c(C=Nc2ccc(Cl)cc2Cl)c1. The lowest BCUT2D eigenvalue weighted by Gasteiger charge is -2.01. The molecule has 0 radical (unpaired) electrons. The molecule has 0 bridgehead atoms. The molecule has 2 rings (SSSR count). The van der Waals surface area contributed by atoms with Gasteiger partial charge in [-0.25, -0.2) is 0 Å². The molecule has 0 spiro atoms. The van der Waals surface area contributed by atoms with Gasteiger partial charge in [-0.15, -0.1) is 0 Å². The molecule has 2 aromatic rings. The first-order valence-corrected chi connectivity index (χ1v) is 5.83. The summed E-state index contributed by atoms with van der Waals surface area (Å²) in [6, 6.07) is 9.10. The molecule has 0 saturated carbocycles. The van der Waals surface area contributed by atoms with E-state index in [1.165, 1.54) is 24.4 Å². The van der Waals surface area contributed by atoms with Gasteiger partial charge in [0.2, 0.25) is 0 Å². The van der Waals surface area contributed by atoms with E-state index in [1.807, 2.05) is 0 Å². The van der Waals surface area contributed by atoms with Crippen LogP contribution in [0.25, 0.3) is 0 Å². The molecule has 0 aromatic heterocycles. The predicted molar refractivity (Wildman–Crippen MR) is 73.5 cm³/mol. The van der Waals surface area contributed by atoms with Crippen molar-refractivity contribution in [2.24, 2.45) is 4.99 Å². The van der Waals surface area contributed by atoms with E-state index >= 15 is 0 Å². The Bertz CT molecular complexity index is 612. The number of halogens is 2. The summed E-state index contributed by atoms with van der Waals surface area (Å²) in [5.74, 6) is 0.0816. The van der Waals surface area contributed by atoms with Gasteiger partial charge in [0.05, 0.1) is 10.7 Å². The molecule has 3 nitrogen and oxygen atoms in total. The third-order valence-electron chi connectivity index (χ3n) is 2.26.